The van der Waals surface area contributed by atoms with E-state index < -0.39 is 11.3 Å². The second kappa shape index (κ2) is 5.01. The Hall–Kier alpha value is -2.51. The Balaban J connectivity index is 2.46. The van der Waals surface area contributed by atoms with Crippen molar-refractivity contribution in [3.05, 3.63) is 46.5 Å². The molecule has 0 aliphatic rings. The summed E-state index contributed by atoms with van der Waals surface area (Å²) in [5, 5.41) is 10.6. The molecule has 0 aliphatic carbocycles. The molecule has 0 atom stereocenters. The van der Waals surface area contributed by atoms with E-state index in [1.54, 1.807) is 0 Å². The first-order valence-corrected chi connectivity index (χ1v) is 5.17. The summed E-state index contributed by atoms with van der Waals surface area (Å²) in [5.74, 6) is 0.201. The maximum atomic E-state index is 12.5. The summed E-state index contributed by atoms with van der Waals surface area (Å²) in [6, 6.07) is 3.89. The minimum atomic E-state index is -2.68. The van der Waals surface area contributed by atoms with Crippen LogP contribution >= 0.6 is 0 Å². The number of halogens is 2. The fourth-order valence-electron chi connectivity index (χ4n) is 1.58. The lowest BCUT2D eigenvalue weighted by Gasteiger charge is -2.08. The molecule has 0 N–H and O–H groups in total. The van der Waals surface area contributed by atoms with Crippen LogP contribution in [0.5, 0.6) is 5.75 Å². The van der Waals surface area contributed by atoms with Crippen LogP contribution in [0.25, 0.3) is 5.69 Å². The largest absolute Gasteiger partial charge is 0.494 e. The van der Waals surface area contributed by atoms with Crippen molar-refractivity contribution in [2.45, 2.75) is 6.43 Å². The number of non-ortho nitro benzene ring substituents is 1. The number of rotatable bonds is 4. The number of ether oxygens (including phenoxy) is 1. The quantitative estimate of drug-likeness (QED) is 0.632. The zero-order valence-corrected chi connectivity index (χ0v) is 9.79. The lowest BCUT2D eigenvalue weighted by atomic mass is 10.2. The number of alkyl halides is 2. The third-order valence-corrected chi connectivity index (χ3v) is 2.48. The van der Waals surface area contributed by atoms with Crippen molar-refractivity contribution < 1.29 is 18.4 Å². The third-order valence-electron chi connectivity index (χ3n) is 2.48. The molecule has 0 amide bonds. The van der Waals surface area contributed by atoms with Gasteiger partial charge < -0.3 is 9.30 Å². The van der Waals surface area contributed by atoms with Crippen molar-refractivity contribution in [2.24, 2.45) is 0 Å². The van der Waals surface area contributed by atoms with Gasteiger partial charge in [0, 0.05) is 12.3 Å². The van der Waals surface area contributed by atoms with Crippen LogP contribution in [0.4, 0.5) is 14.5 Å². The summed E-state index contributed by atoms with van der Waals surface area (Å²) in [7, 11) is 1.34. The van der Waals surface area contributed by atoms with Gasteiger partial charge in [0.15, 0.2) is 0 Å². The number of hydrogen-bond acceptors (Lipinski definition) is 4. The first-order valence-electron chi connectivity index (χ1n) is 5.17. The van der Waals surface area contributed by atoms with Crippen molar-refractivity contribution in [3.8, 4) is 11.4 Å². The minimum Gasteiger partial charge on any atom is -0.494 e. The number of nitro benzene ring substituents is 1. The van der Waals surface area contributed by atoms with Crippen molar-refractivity contribution in [2.75, 3.05) is 7.11 Å². The number of imidazole rings is 1. The fraction of sp³-hybridized carbons (Fsp3) is 0.182. The van der Waals surface area contributed by atoms with Crippen molar-refractivity contribution in [1.29, 1.82) is 0 Å². The van der Waals surface area contributed by atoms with Gasteiger partial charge in [-0.2, -0.15) is 0 Å². The highest BCUT2D eigenvalue weighted by Gasteiger charge is 2.15. The first kappa shape index (κ1) is 12.9. The number of hydrogen-bond donors (Lipinski definition) is 0. The molecular formula is C11H9F2N3O3. The standard InChI is InChI=1S/C11H9F2N3O3/c1-19-10-4-7(16(17)18)2-3-9(10)15-5-8(11(12)13)14-6-15/h2-6,11H,1H3. The summed E-state index contributed by atoms with van der Waals surface area (Å²) < 4.78 is 31.2. The molecule has 0 radical (unpaired) electrons. The molecule has 100 valence electrons. The van der Waals surface area contributed by atoms with Crippen molar-refractivity contribution in [3.63, 3.8) is 0 Å². The third kappa shape index (κ3) is 2.51. The normalized spacial score (nSPS) is 10.7. The number of methoxy groups -OCH3 is 1. The molecule has 8 heteroatoms. The Bertz CT molecular complexity index is 613. The lowest BCUT2D eigenvalue weighted by Crippen LogP contribution is -1.97. The predicted molar refractivity (Wildman–Crippen MR) is 61.7 cm³/mol. The smallest absolute Gasteiger partial charge is 0.281 e. The van der Waals surface area contributed by atoms with E-state index in [9.17, 15) is 18.9 Å². The molecule has 2 rings (SSSR count). The molecule has 1 aromatic heterocycles. The van der Waals surface area contributed by atoms with Gasteiger partial charge in [-0.25, -0.2) is 13.8 Å². The Kier molecular flexibility index (Phi) is 3.41. The SMILES string of the molecule is COc1cc([N+](=O)[O-])ccc1-n1cnc(C(F)F)c1. The minimum absolute atomic E-state index is 0.144. The van der Waals surface area contributed by atoms with Crippen LogP contribution in [-0.2, 0) is 0 Å². The average Bonchev–Trinajstić information content (AvgIpc) is 2.87. The van der Waals surface area contributed by atoms with Gasteiger partial charge in [-0.3, -0.25) is 10.1 Å². The van der Waals surface area contributed by atoms with Crippen LogP contribution in [0.15, 0.2) is 30.7 Å². The molecule has 1 heterocycles. The van der Waals surface area contributed by atoms with Crippen LogP contribution in [0.2, 0.25) is 0 Å². The number of nitro groups is 1. The van der Waals surface area contributed by atoms with Gasteiger partial charge in [0.1, 0.15) is 11.4 Å². The van der Waals surface area contributed by atoms with E-state index in [4.69, 9.17) is 4.74 Å². The van der Waals surface area contributed by atoms with E-state index in [0.29, 0.717) is 5.69 Å². The topological polar surface area (TPSA) is 70.2 Å². The summed E-state index contributed by atoms with van der Waals surface area (Å²) in [6.45, 7) is 0. The molecule has 19 heavy (non-hydrogen) atoms. The number of benzene rings is 1. The molecule has 0 saturated heterocycles. The molecule has 0 unspecified atom stereocenters. The molecule has 1 aromatic carbocycles. The zero-order chi connectivity index (χ0) is 14.0. The van der Waals surface area contributed by atoms with Crippen molar-refractivity contribution >= 4 is 5.69 Å². The zero-order valence-electron chi connectivity index (χ0n) is 9.79. The monoisotopic (exact) mass is 269 g/mol. The predicted octanol–water partition coefficient (Wildman–Crippen LogP) is 2.73. The average molecular weight is 269 g/mol. The van der Waals surface area contributed by atoms with E-state index in [2.05, 4.69) is 4.98 Å². The molecule has 0 bridgehead atoms. The Morgan fingerprint density at radius 1 is 1.47 bits per heavy atom. The molecule has 0 spiro atoms. The van der Waals surface area contributed by atoms with E-state index in [-0.39, 0.29) is 17.1 Å². The molecule has 0 aliphatic heterocycles. The fourth-order valence-corrected chi connectivity index (χ4v) is 1.58. The van der Waals surface area contributed by atoms with E-state index in [1.807, 2.05) is 0 Å². The van der Waals surface area contributed by atoms with Gasteiger partial charge >= 0.3 is 0 Å². The van der Waals surface area contributed by atoms with Gasteiger partial charge in [0.25, 0.3) is 12.1 Å². The van der Waals surface area contributed by atoms with Gasteiger partial charge in [-0.15, -0.1) is 0 Å². The molecule has 6 nitrogen and oxygen atoms in total. The van der Waals surface area contributed by atoms with Gasteiger partial charge in [0.2, 0.25) is 0 Å². The number of nitrogens with zero attached hydrogens (tertiary/aromatic N) is 3. The Morgan fingerprint density at radius 2 is 2.21 bits per heavy atom. The molecule has 0 saturated carbocycles. The Labute approximate surface area is 106 Å². The van der Waals surface area contributed by atoms with Gasteiger partial charge in [0.05, 0.1) is 30.1 Å². The van der Waals surface area contributed by atoms with E-state index >= 15 is 0 Å². The lowest BCUT2D eigenvalue weighted by molar-refractivity contribution is -0.384. The molecular weight excluding hydrogens is 260 g/mol. The maximum Gasteiger partial charge on any atom is 0.281 e. The van der Waals surface area contributed by atoms with E-state index in [0.717, 1.165) is 6.20 Å². The molecule has 2 aromatic rings. The van der Waals surface area contributed by atoms with Gasteiger partial charge in [-0.1, -0.05) is 0 Å². The van der Waals surface area contributed by atoms with Gasteiger partial charge in [-0.05, 0) is 6.07 Å². The van der Waals surface area contributed by atoms with Crippen LogP contribution < -0.4 is 4.74 Å². The second-order valence-corrected chi connectivity index (χ2v) is 3.62. The van der Waals surface area contributed by atoms with Crippen molar-refractivity contribution in [1.82, 2.24) is 9.55 Å². The van der Waals surface area contributed by atoms with Crippen LogP contribution in [-0.4, -0.2) is 21.6 Å². The van der Waals surface area contributed by atoms with Crippen LogP contribution in [0, 0.1) is 10.1 Å². The summed E-state index contributed by atoms with van der Waals surface area (Å²) in [4.78, 5) is 13.6. The summed E-state index contributed by atoms with van der Waals surface area (Å²) in [6.07, 6.45) is -0.329. The van der Waals surface area contributed by atoms with Crippen LogP contribution in [0.1, 0.15) is 12.1 Å². The Morgan fingerprint density at radius 3 is 2.74 bits per heavy atom. The maximum absolute atomic E-state index is 12.5. The molecule has 0 fully saturated rings. The summed E-state index contributed by atoms with van der Waals surface area (Å²) >= 11 is 0. The highest BCUT2D eigenvalue weighted by molar-refractivity contribution is 5.53. The number of aromatic nitrogens is 2. The highest BCUT2D eigenvalue weighted by atomic mass is 19.3. The highest BCUT2D eigenvalue weighted by Crippen LogP contribution is 2.28. The van der Waals surface area contributed by atoms with E-state index in [1.165, 1.54) is 36.2 Å². The first-order chi connectivity index (χ1) is 9.02. The summed E-state index contributed by atoms with van der Waals surface area (Å²) in [5.41, 5.74) is -0.122. The van der Waals surface area contributed by atoms with Crippen LogP contribution in [0.3, 0.4) is 0 Å². The second-order valence-electron chi connectivity index (χ2n) is 3.62.